The molecule has 126 valence electrons. The predicted molar refractivity (Wildman–Crippen MR) is 105 cm³/mol. The van der Waals surface area contributed by atoms with E-state index in [4.69, 9.17) is 11.6 Å². The number of hydrogen-bond donors (Lipinski definition) is 1. The Labute approximate surface area is 152 Å². The molecule has 0 spiro atoms. The van der Waals surface area contributed by atoms with Gasteiger partial charge in [-0.2, -0.15) is 0 Å². The Hall–Kier alpha value is -2.52. The molecule has 0 saturated carbocycles. The van der Waals surface area contributed by atoms with E-state index in [1.54, 1.807) is 0 Å². The highest BCUT2D eigenvalue weighted by Gasteiger charge is 2.16. The van der Waals surface area contributed by atoms with Gasteiger partial charge >= 0.3 is 0 Å². The van der Waals surface area contributed by atoms with Crippen LogP contribution in [0.25, 0.3) is 10.8 Å². The van der Waals surface area contributed by atoms with E-state index in [1.165, 1.54) is 12.8 Å². The molecule has 0 radical (unpaired) electrons. The lowest BCUT2D eigenvalue weighted by molar-refractivity contribution is 0.102. The molecular formula is C21H19ClN2O. The number of nitrogens with one attached hydrogen (secondary N) is 1. The van der Waals surface area contributed by atoms with Gasteiger partial charge in [0.1, 0.15) is 0 Å². The molecular weight excluding hydrogens is 332 g/mol. The lowest BCUT2D eigenvalue weighted by atomic mass is 10.0. The van der Waals surface area contributed by atoms with E-state index < -0.39 is 0 Å². The molecule has 1 amide bonds. The zero-order chi connectivity index (χ0) is 17.2. The standard InChI is InChI=1S/C21H19ClN2O/c22-19-14-16(10-11-20(19)24-12-3-4-13-24)23-21(25)18-9-5-7-15-6-1-2-8-17(15)18/h1-2,5-11,14H,3-4,12-13H2,(H,23,25). The van der Waals surface area contributed by atoms with Crippen LogP contribution in [0.15, 0.2) is 60.7 Å². The Kier molecular flexibility index (Phi) is 4.33. The van der Waals surface area contributed by atoms with Crippen molar-refractivity contribution in [2.75, 3.05) is 23.3 Å². The summed E-state index contributed by atoms with van der Waals surface area (Å²) in [4.78, 5) is 15.0. The molecule has 0 aromatic heterocycles. The lowest BCUT2D eigenvalue weighted by Crippen LogP contribution is -2.18. The first kappa shape index (κ1) is 16.0. The number of rotatable bonds is 3. The molecule has 4 heteroatoms. The second-order valence-electron chi connectivity index (χ2n) is 6.34. The van der Waals surface area contributed by atoms with Crippen LogP contribution < -0.4 is 10.2 Å². The monoisotopic (exact) mass is 350 g/mol. The van der Waals surface area contributed by atoms with Gasteiger partial charge in [-0.05, 0) is 47.9 Å². The predicted octanol–water partition coefficient (Wildman–Crippen LogP) is 5.35. The third-order valence-corrected chi connectivity index (χ3v) is 4.99. The number of halogens is 1. The molecule has 1 aliphatic heterocycles. The molecule has 1 saturated heterocycles. The average molecular weight is 351 g/mol. The quantitative estimate of drug-likeness (QED) is 0.691. The minimum absolute atomic E-state index is 0.123. The van der Waals surface area contributed by atoms with Gasteiger partial charge in [0.05, 0.1) is 10.7 Å². The van der Waals surface area contributed by atoms with Crippen LogP contribution in [-0.2, 0) is 0 Å². The van der Waals surface area contributed by atoms with Crippen molar-refractivity contribution in [3.63, 3.8) is 0 Å². The number of hydrogen-bond acceptors (Lipinski definition) is 2. The fraction of sp³-hybridized carbons (Fsp3) is 0.190. The van der Waals surface area contributed by atoms with Crippen molar-refractivity contribution in [3.8, 4) is 0 Å². The van der Waals surface area contributed by atoms with Crippen LogP contribution >= 0.6 is 11.6 Å². The molecule has 3 nitrogen and oxygen atoms in total. The van der Waals surface area contributed by atoms with Gasteiger partial charge in [0, 0.05) is 24.3 Å². The van der Waals surface area contributed by atoms with Crippen LogP contribution in [0.5, 0.6) is 0 Å². The molecule has 0 aliphatic carbocycles. The number of carbonyl (C=O) groups excluding carboxylic acids is 1. The third kappa shape index (κ3) is 3.20. The van der Waals surface area contributed by atoms with E-state index in [0.717, 1.165) is 29.5 Å². The van der Waals surface area contributed by atoms with E-state index in [2.05, 4.69) is 10.2 Å². The van der Waals surface area contributed by atoms with Crippen LogP contribution in [0.3, 0.4) is 0 Å². The topological polar surface area (TPSA) is 32.3 Å². The molecule has 4 rings (SSSR count). The number of fused-ring (bicyclic) bond motifs is 1. The molecule has 0 bridgehead atoms. The number of amides is 1. The second-order valence-corrected chi connectivity index (χ2v) is 6.75. The largest absolute Gasteiger partial charge is 0.370 e. The van der Waals surface area contributed by atoms with Gasteiger partial charge in [0.15, 0.2) is 0 Å². The van der Waals surface area contributed by atoms with E-state index in [0.29, 0.717) is 16.3 Å². The molecule has 1 heterocycles. The smallest absolute Gasteiger partial charge is 0.256 e. The first-order valence-electron chi connectivity index (χ1n) is 8.56. The molecule has 25 heavy (non-hydrogen) atoms. The van der Waals surface area contributed by atoms with Crippen molar-refractivity contribution in [1.82, 2.24) is 0 Å². The van der Waals surface area contributed by atoms with Crippen LogP contribution in [0.2, 0.25) is 5.02 Å². The fourth-order valence-electron chi connectivity index (χ4n) is 3.42. The summed E-state index contributed by atoms with van der Waals surface area (Å²) in [5.41, 5.74) is 2.42. The number of benzene rings is 3. The summed E-state index contributed by atoms with van der Waals surface area (Å²) in [5.74, 6) is -0.123. The Bertz CT molecular complexity index is 927. The minimum Gasteiger partial charge on any atom is -0.370 e. The summed E-state index contributed by atoms with van der Waals surface area (Å²) in [5, 5.41) is 5.65. The van der Waals surface area contributed by atoms with Crippen molar-refractivity contribution >= 4 is 39.7 Å². The summed E-state index contributed by atoms with van der Waals surface area (Å²) in [7, 11) is 0. The van der Waals surface area contributed by atoms with Crippen LogP contribution in [0.4, 0.5) is 11.4 Å². The fourth-order valence-corrected chi connectivity index (χ4v) is 3.72. The van der Waals surface area contributed by atoms with E-state index in [1.807, 2.05) is 60.7 Å². The van der Waals surface area contributed by atoms with Gasteiger partial charge in [-0.15, -0.1) is 0 Å². The van der Waals surface area contributed by atoms with E-state index >= 15 is 0 Å². The Morgan fingerprint density at radius 2 is 1.72 bits per heavy atom. The van der Waals surface area contributed by atoms with Crippen LogP contribution in [0.1, 0.15) is 23.2 Å². The van der Waals surface area contributed by atoms with Crippen LogP contribution in [0, 0.1) is 0 Å². The van der Waals surface area contributed by atoms with Crippen molar-refractivity contribution in [1.29, 1.82) is 0 Å². The first-order valence-corrected chi connectivity index (χ1v) is 8.94. The summed E-state index contributed by atoms with van der Waals surface area (Å²) >= 11 is 6.44. The summed E-state index contributed by atoms with van der Waals surface area (Å²) in [6.07, 6.45) is 2.41. The molecule has 3 aromatic rings. The number of nitrogens with zero attached hydrogens (tertiary/aromatic N) is 1. The second kappa shape index (κ2) is 6.77. The van der Waals surface area contributed by atoms with Crippen molar-refractivity contribution in [2.45, 2.75) is 12.8 Å². The normalized spacial score (nSPS) is 14.0. The van der Waals surface area contributed by atoms with Crippen LogP contribution in [-0.4, -0.2) is 19.0 Å². The van der Waals surface area contributed by atoms with Gasteiger partial charge in [-0.25, -0.2) is 0 Å². The zero-order valence-corrected chi connectivity index (χ0v) is 14.6. The summed E-state index contributed by atoms with van der Waals surface area (Å²) in [6.45, 7) is 2.09. The Balaban J connectivity index is 1.59. The molecule has 0 atom stereocenters. The van der Waals surface area contributed by atoms with Gasteiger partial charge in [-0.1, -0.05) is 48.0 Å². The van der Waals surface area contributed by atoms with E-state index in [9.17, 15) is 4.79 Å². The molecule has 0 unspecified atom stereocenters. The van der Waals surface area contributed by atoms with E-state index in [-0.39, 0.29) is 5.91 Å². The maximum Gasteiger partial charge on any atom is 0.256 e. The zero-order valence-electron chi connectivity index (χ0n) is 13.8. The lowest BCUT2D eigenvalue weighted by Gasteiger charge is -2.19. The highest BCUT2D eigenvalue weighted by Crippen LogP contribution is 2.31. The summed E-state index contributed by atoms with van der Waals surface area (Å²) < 4.78 is 0. The third-order valence-electron chi connectivity index (χ3n) is 4.69. The number of anilines is 2. The maximum absolute atomic E-state index is 12.7. The first-order chi connectivity index (χ1) is 12.2. The average Bonchev–Trinajstić information content (AvgIpc) is 3.15. The molecule has 1 N–H and O–H groups in total. The Morgan fingerprint density at radius 1 is 0.960 bits per heavy atom. The van der Waals surface area contributed by atoms with Gasteiger partial charge in [0.25, 0.3) is 5.91 Å². The minimum atomic E-state index is -0.123. The van der Waals surface area contributed by atoms with Crippen molar-refractivity contribution in [2.24, 2.45) is 0 Å². The molecule has 1 aliphatic rings. The molecule has 1 fully saturated rings. The summed E-state index contributed by atoms with van der Waals surface area (Å²) in [6, 6.07) is 19.4. The van der Waals surface area contributed by atoms with Gasteiger partial charge in [0.2, 0.25) is 0 Å². The maximum atomic E-state index is 12.7. The molecule has 3 aromatic carbocycles. The highest BCUT2D eigenvalue weighted by molar-refractivity contribution is 6.33. The van der Waals surface area contributed by atoms with Gasteiger partial charge in [-0.3, -0.25) is 4.79 Å². The SMILES string of the molecule is O=C(Nc1ccc(N2CCCC2)c(Cl)c1)c1cccc2ccccc12. The Morgan fingerprint density at radius 3 is 2.52 bits per heavy atom. The number of carbonyl (C=O) groups is 1. The van der Waals surface area contributed by atoms with Crippen molar-refractivity contribution < 1.29 is 4.79 Å². The highest BCUT2D eigenvalue weighted by atomic mass is 35.5. The van der Waals surface area contributed by atoms with Crippen molar-refractivity contribution in [3.05, 3.63) is 71.2 Å². The van der Waals surface area contributed by atoms with Gasteiger partial charge < -0.3 is 10.2 Å².